The molecule has 0 radical (unpaired) electrons. The van der Waals surface area contributed by atoms with Crippen molar-refractivity contribution < 1.29 is 24.1 Å². The predicted molar refractivity (Wildman–Crippen MR) is 155 cm³/mol. The Hall–Kier alpha value is -1.72. The molecule has 0 aliphatic heterocycles. The van der Waals surface area contributed by atoms with Gasteiger partial charge in [0.15, 0.2) is 5.54 Å². The average molecular weight is 704 g/mol. The minimum Gasteiger partial charge on any atom is -0.496 e. The molecule has 0 heterocycles. The Morgan fingerprint density at radius 3 is 1.47 bits per heavy atom. The Balaban J connectivity index is 2.50. The number of benzene rings is 3. The lowest BCUT2D eigenvalue weighted by molar-refractivity contribution is -0.146. The molecular weight excluding hydrogens is 678 g/mol. The summed E-state index contributed by atoms with van der Waals surface area (Å²) in [5.41, 5.74) is 5.83. The largest absolute Gasteiger partial charge is 0.496 e. The number of halogens is 3. The van der Waals surface area contributed by atoms with E-state index in [0.717, 1.165) is 0 Å². The molecule has 3 aromatic rings. The summed E-state index contributed by atoms with van der Waals surface area (Å²) in [6.45, 7) is 0. The molecule has 192 valence electrons. The summed E-state index contributed by atoms with van der Waals surface area (Å²) in [5, 5.41) is 10.9. The summed E-state index contributed by atoms with van der Waals surface area (Å²) in [4.78, 5) is 13.3. The molecule has 10 heteroatoms. The Labute approximate surface area is 240 Å². The van der Waals surface area contributed by atoms with Crippen molar-refractivity contribution >= 4 is 65.5 Å². The van der Waals surface area contributed by atoms with Crippen molar-refractivity contribution in [2.75, 3.05) is 33.3 Å². The summed E-state index contributed by atoms with van der Waals surface area (Å²) in [6, 6.07) is 16.2. The molecule has 0 aliphatic rings. The second-order valence-electron chi connectivity index (χ2n) is 8.00. The first-order chi connectivity index (χ1) is 17.1. The Morgan fingerprint density at radius 2 is 1.17 bits per heavy atom. The van der Waals surface area contributed by atoms with Crippen LogP contribution in [0.25, 0.3) is 0 Å². The van der Waals surface area contributed by atoms with Crippen LogP contribution in [0.1, 0.15) is 16.7 Å². The maximum absolute atomic E-state index is 13.3. The summed E-state index contributed by atoms with van der Waals surface area (Å²) in [6.07, 6.45) is 1.93. The fourth-order valence-electron chi connectivity index (χ4n) is 4.45. The molecule has 3 N–H and O–H groups in total. The van der Waals surface area contributed by atoms with E-state index >= 15 is 0 Å². The molecule has 0 aliphatic carbocycles. The van der Waals surface area contributed by atoms with E-state index in [2.05, 4.69) is 47.8 Å². The van der Waals surface area contributed by atoms with Crippen LogP contribution in [0, 0.1) is 0 Å². The van der Waals surface area contributed by atoms with Gasteiger partial charge in [-0.3, -0.25) is 0 Å². The third-order valence-corrected chi connectivity index (χ3v) is 8.85. The molecule has 0 amide bonds. The van der Waals surface area contributed by atoms with Crippen LogP contribution in [0.3, 0.4) is 0 Å². The van der Waals surface area contributed by atoms with Gasteiger partial charge in [-0.05, 0) is 107 Å². The summed E-state index contributed by atoms with van der Waals surface area (Å²) < 4.78 is 18.2. The lowest BCUT2D eigenvalue weighted by Gasteiger charge is -2.47. The van der Waals surface area contributed by atoms with Crippen molar-refractivity contribution in [1.29, 1.82) is 0 Å². The van der Waals surface area contributed by atoms with Gasteiger partial charge in [-0.15, -0.1) is 0 Å². The first kappa shape index (κ1) is 28.8. The van der Waals surface area contributed by atoms with Crippen LogP contribution in [0.5, 0.6) is 17.2 Å². The monoisotopic (exact) mass is 701 g/mol. The van der Waals surface area contributed by atoms with Gasteiger partial charge < -0.3 is 25.1 Å². The van der Waals surface area contributed by atoms with Crippen LogP contribution in [0.15, 0.2) is 68.0 Å². The highest BCUT2D eigenvalue weighted by Gasteiger charge is 2.57. The molecule has 0 saturated carbocycles. The number of rotatable bonds is 10. The molecule has 0 bridgehead atoms. The van der Waals surface area contributed by atoms with E-state index in [1.165, 1.54) is 11.8 Å². The van der Waals surface area contributed by atoms with Gasteiger partial charge in [0.1, 0.15) is 17.2 Å². The quantitative estimate of drug-likeness (QED) is 0.246. The van der Waals surface area contributed by atoms with E-state index < -0.39 is 16.9 Å². The molecule has 1 atom stereocenters. The van der Waals surface area contributed by atoms with Crippen molar-refractivity contribution in [2.45, 2.75) is 11.0 Å². The minimum atomic E-state index is -1.90. The highest BCUT2D eigenvalue weighted by molar-refractivity contribution is 9.11. The lowest BCUT2D eigenvalue weighted by Crippen LogP contribution is -2.62. The minimum absolute atomic E-state index is 0.358. The number of hydrogen-bond acceptors (Lipinski definition) is 6. The number of hydrogen-bond donors (Lipinski definition) is 2. The zero-order valence-corrected chi connectivity index (χ0v) is 25.7. The molecule has 0 fully saturated rings. The third-order valence-electron chi connectivity index (χ3n) is 6.27. The van der Waals surface area contributed by atoms with Gasteiger partial charge >= 0.3 is 5.97 Å². The van der Waals surface area contributed by atoms with Crippen LogP contribution >= 0.6 is 59.6 Å². The van der Waals surface area contributed by atoms with Crippen molar-refractivity contribution in [1.82, 2.24) is 0 Å². The fourth-order valence-corrected chi connectivity index (χ4v) is 7.06. The first-order valence-electron chi connectivity index (χ1n) is 10.6. The molecule has 0 aromatic heterocycles. The van der Waals surface area contributed by atoms with Crippen LogP contribution in [0.4, 0.5) is 0 Å². The zero-order valence-electron chi connectivity index (χ0n) is 20.1. The molecule has 36 heavy (non-hydrogen) atoms. The zero-order chi connectivity index (χ0) is 26.7. The van der Waals surface area contributed by atoms with E-state index in [-0.39, 0.29) is 0 Å². The van der Waals surface area contributed by atoms with Crippen molar-refractivity contribution in [2.24, 2.45) is 5.73 Å². The first-order valence-corrected chi connectivity index (χ1v) is 14.4. The average Bonchev–Trinajstić information content (AvgIpc) is 2.86. The number of ether oxygens (including phenoxy) is 3. The Kier molecular flexibility index (Phi) is 9.43. The Morgan fingerprint density at radius 1 is 0.806 bits per heavy atom. The van der Waals surface area contributed by atoms with Crippen molar-refractivity contribution in [3.8, 4) is 17.2 Å². The maximum atomic E-state index is 13.3. The number of nitrogens with two attached hydrogens (primary N) is 1. The SMILES string of the molecule is COc1ccc(C(N)(C(=O)O)C(CSC)(c2ccc(OC)c(Br)c2)c2ccc(OC)c(Br)c2)cc1Br. The Bertz CT molecular complexity index is 1220. The van der Waals surface area contributed by atoms with E-state index in [9.17, 15) is 9.90 Å². The van der Waals surface area contributed by atoms with Gasteiger partial charge in [0.2, 0.25) is 0 Å². The van der Waals surface area contributed by atoms with Crippen molar-refractivity contribution in [3.05, 3.63) is 84.7 Å². The predicted octanol–water partition coefficient (Wildman–Crippen LogP) is 6.59. The van der Waals surface area contributed by atoms with E-state index in [1.807, 2.05) is 30.5 Å². The van der Waals surface area contributed by atoms with Crippen LogP contribution in [0.2, 0.25) is 0 Å². The number of aliphatic carboxylic acids is 1. The molecule has 0 saturated heterocycles. The normalized spacial score (nSPS) is 13.1. The van der Waals surface area contributed by atoms with E-state index in [4.69, 9.17) is 19.9 Å². The second-order valence-corrected chi connectivity index (χ2v) is 11.4. The number of carboxylic acid groups (broad SMARTS) is 1. The smallest absolute Gasteiger partial charge is 0.329 e. The molecular formula is C26H26Br3NO5S. The molecule has 3 rings (SSSR count). The van der Waals surface area contributed by atoms with Crippen molar-refractivity contribution in [3.63, 3.8) is 0 Å². The molecule has 0 spiro atoms. The molecule has 1 unspecified atom stereocenters. The summed E-state index contributed by atoms with van der Waals surface area (Å²) >= 11 is 12.2. The topological polar surface area (TPSA) is 91.0 Å². The lowest BCUT2D eigenvalue weighted by atomic mass is 9.60. The van der Waals surface area contributed by atoms with E-state index in [0.29, 0.717) is 53.1 Å². The van der Waals surface area contributed by atoms with Gasteiger partial charge in [-0.1, -0.05) is 18.2 Å². The number of thioether (sulfide) groups is 1. The molecule has 6 nitrogen and oxygen atoms in total. The second kappa shape index (κ2) is 11.8. The highest BCUT2D eigenvalue weighted by Crippen LogP contribution is 2.51. The third kappa shape index (κ3) is 4.90. The standard InChI is InChI=1S/C26H26Br3NO5S/c1-33-21-8-5-15(11-18(21)27)25(14-36-4,16-6-9-22(34-2)19(28)12-16)26(30,24(31)32)17-7-10-23(35-3)20(29)13-17/h5-13H,14,30H2,1-4H3,(H,31,32). The van der Waals surface area contributed by atoms with Gasteiger partial charge in [-0.25, -0.2) is 4.79 Å². The van der Waals surface area contributed by atoms with Crippen LogP contribution in [-0.2, 0) is 15.7 Å². The number of carbonyl (C=O) groups is 1. The summed E-state index contributed by atoms with van der Waals surface area (Å²) in [5.74, 6) is 1.00. The highest BCUT2D eigenvalue weighted by atomic mass is 79.9. The van der Waals surface area contributed by atoms with Crippen LogP contribution < -0.4 is 19.9 Å². The number of methoxy groups -OCH3 is 3. The van der Waals surface area contributed by atoms with Crippen LogP contribution in [-0.4, -0.2) is 44.4 Å². The number of carboxylic acids is 1. The molecule has 3 aromatic carbocycles. The summed E-state index contributed by atoms with van der Waals surface area (Å²) in [7, 11) is 4.71. The van der Waals surface area contributed by atoms with Gasteiger partial charge in [0.25, 0.3) is 0 Å². The van der Waals surface area contributed by atoms with Gasteiger partial charge in [0, 0.05) is 5.75 Å². The van der Waals surface area contributed by atoms with Gasteiger partial charge in [0.05, 0.1) is 40.2 Å². The fraction of sp³-hybridized carbons (Fsp3) is 0.269. The van der Waals surface area contributed by atoms with Gasteiger partial charge in [-0.2, -0.15) is 11.8 Å². The maximum Gasteiger partial charge on any atom is 0.329 e. The van der Waals surface area contributed by atoms with E-state index in [1.54, 1.807) is 51.7 Å².